The van der Waals surface area contributed by atoms with Gasteiger partial charge in [0.2, 0.25) is 0 Å². The van der Waals surface area contributed by atoms with Crippen molar-refractivity contribution in [2.45, 2.75) is 25.2 Å². The van der Waals surface area contributed by atoms with Crippen LogP contribution in [0.2, 0.25) is 0 Å². The van der Waals surface area contributed by atoms with Gasteiger partial charge in [0.15, 0.2) is 0 Å². The number of aliphatic hydroxyl groups is 1. The second-order valence-corrected chi connectivity index (χ2v) is 4.77. The minimum Gasteiger partial charge on any atom is -0.445 e. The number of hydroxylamine groups is 1. The van der Waals surface area contributed by atoms with Gasteiger partial charge in [0.25, 0.3) is 0 Å². The molecule has 1 amide bonds. The number of nitrogens with zero attached hydrogens (tertiary/aromatic N) is 1. The molecule has 1 fully saturated rings. The fourth-order valence-electron chi connectivity index (χ4n) is 2.20. The molecule has 2 atom stereocenters. The van der Waals surface area contributed by atoms with Crippen molar-refractivity contribution in [3.63, 3.8) is 0 Å². The molecule has 0 saturated carbocycles. The number of carbonyl (C=O) groups excluding carboxylic acids is 1. The van der Waals surface area contributed by atoms with Crippen molar-refractivity contribution in [2.75, 3.05) is 20.2 Å². The molecule has 0 unspecified atom stereocenters. The maximum absolute atomic E-state index is 11.9. The van der Waals surface area contributed by atoms with Crippen LogP contribution in [0.4, 0.5) is 4.79 Å². The molecule has 1 saturated heterocycles. The number of nitrogens with one attached hydrogen (secondary N) is 1. The molecule has 0 aromatic heterocycles. The highest BCUT2D eigenvalue weighted by atomic mass is 16.6. The van der Waals surface area contributed by atoms with Gasteiger partial charge in [0, 0.05) is 6.54 Å². The molecule has 0 spiro atoms. The molecule has 0 radical (unpaired) electrons. The van der Waals surface area contributed by atoms with Gasteiger partial charge < -0.3 is 19.6 Å². The van der Waals surface area contributed by atoms with Crippen LogP contribution in [0.15, 0.2) is 30.3 Å². The molecule has 1 aliphatic rings. The number of hydrogen-bond acceptors (Lipinski definition) is 5. The summed E-state index contributed by atoms with van der Waals surface area (Å²) in [4.78, 5) is 18.2. The van der Waals surface area contributed by atoms with E-state index in [1.165, 1.54) is 12.0 Å². The van der Waals surface area contributed by atoms with Crippen LogP contribution in [0.5, 0.6) is 0 Å². The fourth-order valence-corrected chi connectivity index (χ4v) is 2.20. The van der Waals surface area contributed by atoms with E-state index in [0.717, 1.165) is 5.56 Å². The third kappa shape index (κ3) is 3.93. The lowest BCUT2D eigenvalue weighted by Crippen LogP contribution is -2.53. The summed E-state index contributed by atoms with van der Waals surface area (Å²) in [5.74, 6) is 0. The molecule has 1 aromatic rings. The molecule has 0 aliphatic carbocycles. The van der Waals surface area contributed by atoms with Crippen molar-refractivity contribution in [1.82, 2.24) is 10.4 Å². The summed E-state index contributed by atoms with van der Waals surface area (Å²) in [5.41, 5.74) is 3.66. The highest BCUT2D eigenvalue weighted by molar-refractivity contribution is 5.67. The van der Waals surface area contributed by atoms with Gasteiger partial charge >= 0.3 is 6.09 Å². The molecule has 6 heteroatoms. The van der Waals surface area contributed by atoms with Crippen molar-refractivity contribution in [2.24, 2.45) is 0 Å². The smallest absolute Gasteiger partial charge is 0.410 e. The van der Waals surface area contributed by atoms with E-state index >= 15 is 0 Å². The molecular weight excluding hydrogens is 260 g/mol. The molecule has 0 bridgehead atoms. The van der Waals surface area contributed by atoms with Crippen LogP contribution in [0.1, 0.15) is 12.0 Å². The lowest BCUT2D eigenvalue weighted by Gasteiger charge is -2.35. The third-order valence-electron chi connectivity index (χ3n) is 3.31. The molecule has 1 aromatic carbocycles. The Hall–Kier alpha value is -1.63. The van der Waals surface area contributed by atoms with Crippen LogP contribution < -0.4 is 5.48 Å². The van der Waals surface area contributed by atoms with Crippen LogP contribution >= 0.6 is 0 Å². The van der Waals surface area contributed by atoms with E-state index in [4.69, 9.17) is 9.57 Å². The quantitative estimate of drug-likeness (QED) is 0.802. The highest BCUT2D eigenvalue weighted by Gasteiger charge is 2.30. The summed E-state index contributed by atoms with van der Waals surface area (Å²) in [5, 5.41) is 9.91. The van der Waals surface area contributed by atoms with Crippen molar-refractivity contribution < 1.29 is 19.5 Å². The first-order chi connectivity index (χ1) is 9.70. The lowest BCUT2D eigenvalue weighted by molar-refractivity contribution is -0.0316. The maximum Gasteiger partial charge on any atom is 0.410 e. The summed E-state index contributed by atoms with van der Waals surface area (Å²) in [6, 6.07) is 9.35. The van der Waals surface area contributed by atoms with E-state index < -0.39 is 12.2 Å². The van der Waals surface area contributed by atoms with Gasteiger partial charge in [-0.3, -0.25) is 0 Å². The number of carbonyl (C=O) groups is 1. The molecular formula is C14H20N2O4. The van der Waals surface area contributed by atoms with E-state index in [0.29, 0.717) is 13.0 Å². The maximum atomic E-state index is 11.9. The summed E-state index contributed by atoms with van der Waals surface area (Å²) < 4.78 is 5.24. The lowest BCUT2D eigenvalue weighted by atomic mass is 10.0. The highest BCUT2D eigenvalue weighted by Crippen LogP contribution is 2.13. The standard InChI is InChI=1S/C14H20N2O4/c1-19-15-12-7-8-16(9-13(12)17)14(18)20-10-11-5-3-2-4-6-11/h2-6,12-13,15,17H,7-10H2,1H3/t12-,13+/m0/s1. The van der Waals surface area contributed by atoms with Crippen molar-refractivity contribution in [1.29, 1.82) is 0 Å². The monoisotopic (exact) mass is 280 g/mol. The average molecular weight is 280 g/mol. The van der Waals surface area contributed by atoms with Crippen molar-refractivity contribution >= 4 is 6.09 Å². The number of benzene rings is 1. The van der Waals surface area contributed by atoms with Gasteiger partial charge in [-0.05, 0) is 12.0 Å². The summed E-state index contributed by atoms with van der Waals surface area (Å²) >= 11 is 0. The first-order valence-electron chi connectivity index (χ1n) is 6.63. The molecule has 1 aliphatic heterocycles. The summed E-state index contributed by atoms with van der Waals surface area (Å²) in [7, 11) is 1.51. The number of likely N-dealkylation sites (tertiary alicyclic amines) is 1. The number of piperidine rings is 1. The van der Waals surface area contributed by atoms with Gasteiger partial charge in [-0.1, -0.05) is 30.3 Å². The van der Waals surface area contributed by atoms with E-state index in [-0.39, 0.29) is 19.2 Å². The zero-order chi connectivity index (χ0) is 14.4. The van der Waals surface area contributed by atoms with Gasteiger partial charge in [0.05, 0.1) is 25.8 Å². The molecule has 2 rings (SSSR count). The van der Waals surface area contributed by atoms with Crippen LogP contribution in [0, 0.1) is 0 Å². The third-order valence-corrected chi connectivity index (χ3v) is 3.31. The number of β-amino-alcohol motifs (C(OH)–C–C–N with tert-alkyl or cyclic N) is 1. The van der Waals surface area contributed by atoms with Crippen LogP contribution in [-0.4, -0.2) is 48.4 Å². The Bertz CT molecular complexity index is 426. The molecule has 6 nitrogen and oxygen atoms in total. The first kappa shape index (κ1) is 14.8. The first-order valence-corrected chi connectivity index (χ1v) is 6.63. The van der Waals surface area contributed by atoms with Crippen molar-refractivity contribution in [3.05, 3.63) is 35.9 Å². The van der Waals surface area contributed by atoms with E-state index in [9.17, 15) is 9.90 Å². The van der Waals surface area contributed by atoms with Gasteiger partial charge in [0.1, 0.15) is 6.61 Å². The summed E-state index contributed by atoms with van der Waals surface area (Å²) in [6.45, 7) is 1.02. The minimum absolute atomic E-state index is 0.154. The van der Waals surface area contributed by atoms with Gasteiger partial charge in [-0.2, -0.15) is 5.48 Å². The Morgan fingerprint density at radius 3 is 2.85 bits per heavy atom. The normalized spacial score (nSPS) is 22.6. The van der Waals surface area contributed by atoms with E-state index in [1.54, 1.807) is 0 Å². The average Bonchev–Trinajstić information content (AvgIpc) is 2.48. The SMILES string of the molecule is CON[C@H]1CCN(C(=O)OCc2ccccc2)C[C@H]1O. The van der Waals surface area contributed by atoms with Crippen LogP contribution in [0.3, 0.4) is 0 Å². The van der Waals surface area contributed by atoms with Gasteiger partial charge in [-0.15, -0.1) is 0 Å². The van der Waals surface area contributed by atoms with Crippen molar-refractivity contribution in [3.8, 4) is 0 Å². The Balaban J connectivity index is 1.79. The Kier molecular flexibility index (Phi) is 5.34. The molecule has 110 valence electrons. The van der Waals surface area contributed by atoms with Crippen LogP contribution in [-0.2, 0) is 16.2 Å². The largest absolute Gasteiger partial charge is 0.445 e. The number of ether oxygens (including phenoxy) is 1. The Morgan fingerprint density at radius 1 is 1.45 bits per heavy atom. The fraction of sp³-hybridized carbons (Fsp3) is 0.500. The van der Waals surface area contributed by atoms with E-state index in [1.807, 2.05) is 30.3 Å². The number of hydrogen-bond donors (Lipinski definition) is 2. The Labute approximate surface area is 118 Å². The number of amides is 1. The second kappa shape index (κ2) is 7.23. The van der Waals surface area contributed by atoms with Gasteiger partial charge in [-0.25, -0.2) is 4.79 Å². The number of rotatable bonds is 4. The predicted molar refractivity (Wildman–Crippen MR) is 72.8 cm³/mol. The Morgan fingerprint density at radius 2 is 2.20 bits per heavy atom. The zero-order valence-electron chi connectivity index (χ0n) is 11.5. The summed E-state index contributed by atoms with van der Waals surface area (Å²) in [6.07, 6.45) is -0.438. The minimum atomic E-state index is -0.659. The molecule has 1 heterocycles. The molecule has 20 heavy (non-hydrogen) atoms. The zero-order valence-corrected chi connectivity index (χ0v) is 11.5. The predicted octanol–water partition coefficient (Wildman–Crippen LogP) is 0.909. The number of aliphatic hydroxyl groups excluding tert-OH is 1. The van der Waals surface area contributed by atoms with E-state index in [2.05, 4.69) is 5.48 Å². The molecule has 2 N–H and O–H groups in total. The topological polar surface area (TPSA) is 71.0 Å². The second-order valence-electron chi connectivity index (χ2n) is 4.77. The van der Waals surface area contributed by atoms with Crippen LogP contribution in [0.25, 0.3) is 0 Å².